The molecule has 0 aliphatic heterocycles. The molecule has 0 atom stereocenters. The van der Waals surface area contributed by atoms with Gasteiger partial charge in [0.05, 0.1) is 14.2 Å². The van der Waals surface area contributed by atoms with Crippen molar-refractivity contribution in [2.24, 2.45) is 0 Å². The van der Waals surface area contributed by atoms with Gasteiger partial charge in [-0.1, -0.05) is 42.5 Å². The van der Waals surface area contributed by atoms with Crippen LogP contribution >= 0.6 is 0 Å². The molecule has 0 bridgehead atoms. The fourth-order valence-corrected chi connectivity index (χ4v) is 3.54. The van der Waals surface area contributed by atoms with Crippen molar-refractivity contribution >= 4 is 16.6 Å². The van der Waals surface area contributed by atoms with Crippen LogP contribution < -0.4 is 9.47 Å². The van der Waals surface area contributed by atoms with Gasteiger partial charge in [-0.25, -0.2) is 0 Å². The van der Waals surface area contributed by atoms with E-state index in [1.54, 1.807) is 44.7 Å². The maximum absolute atomic E-state index is 12.7. The number of rotatable bonds is 2. The molecule has 5 nitrogen and oxygen atoms in total. The number of methoxy groups -OCH3 is 2. The topological polar surface area (TPSA) is 68.7 Å². The normalized spacial score (nSPS) is 11.3. The van der Waals surface area contributed by atoms with Crippen LogP contribution in [0, 0.1) is 0 Å². The smallest absolute Gasteiger partial charge is 0.212 e. The summed E-state index contributed by atoms with van der Waals surface area (Å²) in [6.45, 7) is 0. The van der Waals surface area contributed by atoms with Crippen LogP contribution in [0.15, 0.2) is 72.9 Å². The fourth-order valence-electron chi connectivity index (χ4n) is 3.54. The van der Waals surface area contributed by atoms with Gasteiger partial charge < -0.3 is 14.6 Å². The summed E-state index contributed by atoms with van der Waals surface area (Å²) in [5.74, 6) is 1.54. The summed E-state index contributed by atoms with van der Waals surface area (Å²) in [5, 5.41) is 10.4. The first-order valence-corrected chi connectivity index (χ1v) is 9.07. The number of aromatic hydroxyl groups is 1. The molecule has 5 rings (SSSR count). The standard InChI is InChI=1S/C18H13NO3.C6H6O/c1-21-13-9-10-7-8-19-16-14(10)15(18(13)22-2)11-5-3-4-6-12(11)17(16)20;7-6-4-2-1-3-5-6/h3-9H,1-2H3;1-5,7H. The largest absolute Gasteiger partial charge is 0.508 e. The molecule has 0 spiro atoms. The molecule has 4 aromatic rings. The molecule has 1 aliphatic carbocycles. The zero-order valence-corrected chi connectivity index (χ0v) is 16.0. The summed E-state index contributed by atoms with van der Waals surface area (Å²) < 4.78 is 11.0. The van der Waals surface area contributed by atoms with Crippen LogP contribution in [-0.4, -0.2) is 30.1 Å². The van der Waals surface area contributed by atoms with E-state index < -0.39 is 0 Å². The van der Waals surface area contributed by atoms with Gasteiger partial charge >= 0.3 is 0 Å². The van der Waals surface area contributed by atoms with Crippen molar-refractivity contribution in [1.82, 2.24) is 4.98 Å². The Morgan fingerprint density at radius 3 is 2.17 bits per heavy atom. The SMILES string of the molecule is COc1cc2ccnc3c2c(c1OC)-c1ccccc1C3=O.Oc1ccccc1. The summed E-state index contributed by atoms with van der Waals surface area (Å²) in [7, 11) is 3.22. The highest BCUT2D eigenvalue weighted by Crippen LogP contribution is 2.48. The maximum Gasteiger partial charge on any atom is 0.212 e. The first-order chi connectivity index (χ1) is 14.2. The minimum Gasteiger partial charge on any atom is -0.508 e. The number of phenolic OH excluding ortho intramolecular Hbond substituents is 1. The Labute approximate surface area is 168 Å². The first-order valence-electron chi connectivity index (χ1n) is 9.07. The molecule has 0 saturated carbocycles. The molecule has 29 heavy (non-hydrogen) atoms. The van der Waals surface area contributed by atoms with E-state index >= 15 is 0 Å². The third-order valence-corrected chi connectivity index (χ3v) is 4.81. The molecule has 1 aromatic heterocycles. The molecule has 3 aromatic carbocycles. The summed E-state index contributed by atoms with van der Waals surface area (Å²) >= 11 is 0. The van der Waals surface area contributed by atoms with Crippen molar-refractivity contribution in [2.45, 2.75) is 0 Å². The van der Waals surface area contributed by atoms with Gasteiger partial charge in [0.15, 0.2) is 11.5 Å². The van der Waals surface area contributed by atoms with Gasteiger partial charge in [-0.3, -0.25) is 9.78 Å². The number of benzene rings is 3. The Morgan fingerprint density at radius 1 is 0.862 bits per heavy atom. The van der Waals surface area contributed by atoms with Gasteiger partial charge in [0.1, 0.15) is 11.4 Å². The number of hydrogen-bond acceptors (Lipinski definition) is 5. The Bertz CT molecular complexity index is 1200. The molecular weight excluding hydrogens is 366 g/mol. The average Bonchev–Trinajstić information content (AvgIpc) is 2.77. The van der Waals surface area contributed by atoms with E-state index in [9.17, 15) is 4.79 Å². The van der Waals surface area contributed by atoms with Crippen molar-refractivity contribution in [3.05, 3.63) is 84.2 Å². The van der Waals surface area contributed by atoms with Gasteiger partial charge in [-0.05, 0) is 35.2 Å². The summed E-state index contributed by atoms with van der Waals surface area (Å²) in [6.07, 6.45) is 1.65. The Kier molecular flexibility index (Phi) is 4.87. The Balaban J connectivity index is 0.000000249. The zero-order valence-electron chi connectivity index (χ0n) is 16.0. The molecule has 1 N–H and O–H groups in total. The van der Waals surface area contributed by atoms with E-state index in [0.29, 0.717) is 28.5 Å². The van der Waals surface area contributed by atoms with Gasteiger partial charge in [-0.15, -0.1) is 0 Å². The number of fused-ring (bicyclic) bond motifs is 2. The number of carbonyl (C=O) groups is 1. The van der Waals surface area contributed by atoms with E-state index in [0.717, 1.165) is 21.9 Å². The third-order valence-electron chi connectivity index (χ3n) is 4.81. The highest BCUT2D eigenvalue weighted by atomic mass is 16.5. The minimum absolute atomic E-state index is 0.0547. The molecular formula is C24H19NO4. The van der Waals surface area contributed by atoms with Crippen LogP contribution in [-0.2, 0) is 0 Å². The molecule has 5 heteroatoms. The van der Waals surface area contributed by atoms with Crippen molar-refractivity contribution in [2.75, 3.05) is 14.2 Å². The monoisotopic (exact) mass is 385 g/mol. The minimum atomic E-state index is -0.0547. The van der Waals surface area contributed by atoms with E-state index in [4.69, 9.17) is 14.6 Å². The van der Waals surface area contributed by atoms with Crippen LogP contribution in [0.2, 0.25) is 0 Å². The van der Waals surface area contributed by atoms with Crippen LogP contribution in [0.4, 0.5) is 0 Å². The number of phenols is 1. The van der Waals surface area contributed by atoms with Crippen molar-refractivity contribution in [3.8, 4) is 28.4 Å². The van der Waals surface area contributed by atoms with Crippen molar-refractivity contribution in [1.29, 1.82) is 0 Å². The van der Waals surface area contributed by atoms with E-state index in [-0.39, 0.29) is 5.78 Å². The molecule has 0 saturated heterocycles. The van der Waals surface area contributed by atoms with E-state index in [1.165, 1.54) is 0 Å². The van der Waals surface area contributed by atoms with Gasteiger partial charge in [0.25, 0.3) is 0 Å². The second-order valence-corrected chi connectivity index (χ2v) is 6.46. The van der Waals surface area contributed by atoms with E-state index in [2.05, 4.69) is 4.98 Å². The number of para-hydroxylation sites is 1. The van der Waals surface area contributed by atoms with Gasteiger partial charge in [-0.2, -0.15) is 0 Å². The number of aromatic nitrogens is 1. The predicted molar refractivity (Wildman–Crippen MR) is 112 cm³/mol. The average molecular weight is 385 g/mol. The number of carbonyl (C=O) groups excluding carboxylic acids is 1. The highest BCUT2D eigenvalue weighted by molar-refractivity contribution is 6.25. The number of pyridine rings is 1. The lowest BCUT2D eigenvalue weighted by Gasteiger charge is -2.22. The Hall–Kier alpha value is -3.86. The second-order valence-electron chi connectivity index (χ2n) is 6.46. The molecule has 1 heterocycles. The third kappa shape index (κ3) is 3.17. The summed E-state index contributed by atoms with van der Waals surface area (Å²) in [5.41, 5.74) is 2.83. The van der Waals surface area contributed by atoms with Crippen LogP contribution in [0.5, 0.6) is 17.2 Å². The second kappa shape index (κ2) is 7.64. The lowest BCUT2D eigenvalue weighted by Crippen LogP contribution is -2.12. The summed E-state index contributed by atoms with van der Waals surface area (Å²) in [4.78, 5) is 17.0. The van der Waals surface area contributed by atoms with Gasteiger partial charge in [0.2, 0.25) is 5.78 Å². The fraction of sp³-hybridized carbons (Fsp3) is 0.0833. The molecule has 0 radical (unpaired) electrons. The lowest BCUT2D eigenvalue weighted by molar-refractivity contribution is 0.103. The number of ketones is 1. The Morgan fingerprint density at radius 2 is 1.55 bits per heavy atom. The van der Waals surface area contributed by atoms with Gasteiger partial charge in [0, 0.05) is 22.7 Å². The number of hydrogen-bond donors (Lipinski definition) is 1. The maximum atomic E-state index is 12.7. The molecule has 0 unspecified atom stereocenters. The zero-order chi connectivity index (χ0) is 20.4. The number of nitrogens with zero attached hydrogens (tertiary/aromatic N) is 1. The van der Waals surface area contributed by atoms with Crippen LogP contribution in [0.3, 0.4) is 0 Å². The molecule has 1 aliphatic rings. The molecule has 144 valence electrons. The summed E-state index contributed by atoms with van der Waals surface area (Å²) in [6, 6.07) is 20.0. The molecule has 0 fully saturated rings. The lowest BCUT2D eigenvalue weighted by atomic mass is 9.84. The quantitative estimate of drug-likeness (QED) is 0.470. The van der Waals surface area contributed by atoms with Crippen LogP contribution in [0.1, 0.15) is 16.1 Å². The van der Waals surface area contributed by atoms with E-state index in [1.807, 2.05) is 42.5 Å². The van der Waals surface area contributed by atoms with Crippen molar-refractivity contribution in [3.63, 3.8) is 0 Å². The predicted octanol–water partition coefficient (Wildman–Crippen LogP) is 4.86. The van der Waals surface area contributed by atoms with Crippen LogP contribution in [0.25, 0.3) is 21.9 Å². The first kappa shape index (κ1) is 18.5. The molecule has 0 amide bonds. The van der Waals surface area contributed by atoms with Crippen molar-refractivity contribution < 1.29 is 19.4 Å². The number of ether oxygens (including phenoxy) is 2. The highest BCUT2D eigenvalue weighted by Gasteiger charge is 2.30.